The van der Waals surface area contributed by atoms with Gasteiger partial charge in [0.15, 0.2) is 5.96 Å². The summed E-state index contributed by atoms with van der Waals surface area (Å²) in [5, 5.41) is 10.5. The molecule has 6 nitrogen and oxygen atoms in total. The SMILES string of the molecule is CCNC(=NCc1c(C)noc1C)N(C)Cc1csc(C)n1. The van der Waals surface area contributed by atoms with Gasteiger partial charge in [0, 0.05) is 24.5 Å². The van der Waals surface area contributed by atoms with E-state index in [1.165, 1.54) is 0 Å². The molecule has 0 fully saturated rings. The van der Waals surface area contributed by atoms with Crippen molar-refractivity contribution in [2.75, 3.05) is 13.6 Å². The van der Waals surface area contributed by atoms with Crippen molar-refractivity contribution in [1.29, 1.82) is 0 Å². The molecule has 0 spiro atoms. The maximum atomic E-state index is 5.18. The lowest BCUT2D eigenvalue weighted by molar-refractivity contribution is 0.392. The highest BCUT2D eigenvalue weighted by Crippen LogP contribution is 2.14. The van der Waals surface area contributed by atoms with Gasteiger partial charge in [-0.1, -0.05) is 5.16 Å². The van der Waals surface area contributed by atoms with Gasteiger partial charge >= 0.3 is 0 Å². The van der Waals surface area contributed by atoms with Crippen LogP contribution in [0, 0.1) is 20.8 Å². The third-order valence-electron chi connectivity index (χ3n) is 3.33. The van der Waals surface area contributed by atoms with E-state index in [0.717, 1.165) is 46.8 Å². The van der Waals surface area contributed by atoms with E-state index in [1.807, 2.05) is 27.8 Å². The number of hydrogen-bond acceptors (Lipinski definition) is 5. The van der Waals surface area contributed by atoms with E-state index in [9.17, 15) is 0 Å². The molecule has 120 valence electrons. The van der Waals surface area contributed by atoms with Gasteiger partial charge in [0.25, 0.3) is 0 Å². The molecule has 0 aromatic carbocycles. The second-order valence-electron chi connectivity index (χ2n) is 5.19. The van der Waals surface area contributed by atoms with E-state index in [1.54, 1.807) is 11.3 Å². The third-order valence-corrected chi connectivity index (χ3v) is 4.15. The Hall–Kier alpha value is -1.89. The van der Waals surface area contributed by atoms with E-state index in [0.29, 0.717) is 6.54 Å². The number of nitrogens with zero attached hydrogens (tertiary/aromatic N) is 4. The standard InChI is InChI=1S/C15H23N5OS/c1-6-16-15(17-7-14-10(2)19-21-11(14)3)20(5)8-13-9-22-12(4)18-13/h9H,6-8H2,1-5H3,(H,16,17). The van der Waals surface area contributed by atoms with Gasteiger partial charge in [0.1, 0.15) is 5.76 Å². The molecule has 0 saturated heterocycles. The van der Waals surface area contributed by atoms with Crippen molar-refractivity contribution >= 4 is 17.3 Å². The predicted molar refractivity (Wildman–Crippen MR) is 89.1 cm³/mol. The Balaban J connectivity index is 2.09. The van der Waals surface area contributed by atoms with E-state index in [2.05, 4.69) is 37.7 Å². The summed E-state index contributed by atoms with van der Waals surface area (Å²) in [5.74, 6) is 1.68. The number of aryl methyl sites for hydroxylation is 3. The molecule has 0 amide bonds. The van der Waals surface area contributed by atoms with Crippen molar-refractivity contribution in [3.8, 4) is 0 Å². The minimum absolute atomic E-state index is 0.559. The largest absolute Gasteiger partial charge is 0.361 e. The lowest BCUT2D eigenvalue weighted by Gasteiger charge is -2.21. The zero-order valence-corrected chi connectivity index (χ0v) is 14.6. The van der Waals surface area contributed by atoms with Crippen molar-refractivity contribution in [3.05, 3.63) is 33.1 Å². The summed E-state index contributed by atoms with van der Waals surface area (Å²) in [6.45, 7) is 10.1. The Bertz CT molecular complexity index is 627. The zero-order valence-electron chi connectivity index (χ0n) is 13.8. The first kappa shape index (κ1) is 16.5. The number of thiazole rings is 1. The van der Waals surface area contributed by atoms with Crippen LogP contribution in [-0.2, 0) is 13.1 Å². The fourth-order valence-electron chi connectivity index (χ4n) is 2.15. The fraction of sp³-hybridized carbons (Fsp3) is 0.533. The molecule has 0 aliphatic carbocycles. The molecule has 1 N–H and O–H groups in total. The Kier molecular flexibility index (Phi) is 5.54. The van der Waals surface area contributed by atoms with Crippen LogP contribution in [0.15, 0.2) is 14.9 Å². The van der Waals surface area contributed by atoms with Crippen molar-refractivity contribution in [2.24, 2.45) is 4.99 Å². The molecule has 0 bridgehead atoms. The lowest BCUT2D eigenvalue weighted by Crippen LogP contribution is -2.38. The number of guanidine groups is 1. The minimum Gasteiger partial charge on any atom is -0.361 e. The smallest absolute Gasteiger partial charge is 0.194 e. The Labute approximate surface area is 135 Å². The molecule has 0 saturated carbocycles. The Morgan fingerprint density at radius 1 is 1.41 bits per heavy atom. The predicted octanol–water partition coefficient (Wildman–Crippen LogP) is 2.65. The molecular formula is C15H23N5OS. The quantitative estimate of drug-likeness (QED) is 0.677. The van der Waals surface area contributed by atoms with Crippen LogP contribution in [0.25, 0.3) is 0 Å². The normalized spacial score (nSPS) is 11.8. The molecule has 0 aliphatic heterocycles. The van der Waals surface area contributed by atoms with E-state index in [-0.39, 0.29) is 0 Å². The maximum absolute atomic E-state index is 5.18. The summed E-state index contributed by atoms with van der Waals surface area (Å²) in [6.07, 6.45) is 0. The summed E-state index contributed by atoms with van der Waals surface area (Å²) >= 11 is 1.67. The minimum atomic E-state index is 0.559. The summed E-state index contributed by atoms with van der Waals surface area (Å²) < 4.78 is 5.18. The number of aliphatic imine (C=N–C) groups is 1. The van der Waals surface area contributed by atoms with Crippen LogP contribution >= 0.6 is 11.3 Å². The van der Waals surface area contributed by atoms with Crippen molar-refractivity contribution in [2.45, 2.75) is 40.8 Å². The highest BCUT2D eigenvalue weighted by Gasteiger charge is 2.11. The van der Waals surface area contributed by atoms with Crippen LogP contribution < -0.4 is 5.32 Å². The van der Waals surface area contributed by atoms with Gasteiger partial charge in [0.2, 0.25) is 0 Å². The van der Waals surface area contributed by atoms with Crippen molar-refractivity contribution in [1.82, 2.24) is 20.4 Å². The van der Waals surface area contributed by atoms with Gasteiger partial charge in [-0.15, -0.1) is 11.3 Å². The van der Waals surface area contributed by atoms with Crippen LogP contribution in [-0.4, -0.2) is 34.6 Å². The van der Waals surface area contributed by atoms with Crippen LogP contribution in [0.4, 0.5) is 0 Å². The van der Waals surface area contributed by atoms with Crippen molar-refractivity contribution < 1.29 is 4.52 Å². The molecule has 2 heterocycles. The van der Waals surface area contributed by atoms with E-state index < -0.39 is 0 Å². The second-order valence-corrected chi connectivity index (χ2v) is 6.25. The van der Waals surface area contributed by atoms with Crippen LogP contribution in [0.1, 0.15) is 34.6 Å². The monoisotopic (exact) mass is 321 g/mol. The molecule has 2 aromatic heterocycles. The molecule has 0 aliphatic rings. The number of hydrogen-bond donors (Lipinski definition) is 1. The zero-order chi connectivity index (χ0) is 16.1. The molecule has 0 radical (unpaired) electrons. The Morgan fingerprint density at radius 2 is 2.18 bits per heavy atom. The lowest BCUT2D eigenvalue weighted by atomic mass is 10.2. The van der Waals surface area contributed by atoms with Crippen LogP contribution in [0.5, 0.6) is 0 Å². The number of aromatic nitrogens is 2. The maximum Gasteiger partial charge on any atom is 0.194 e. The van der Waals surface area contributed by atoms with Gasteiger partial charge < -0.3 is 14.7 Å². The number of nitrogens with one attached hydrogen (secondary N) is 1. The molecular weight excluding hydrogens is 298 g/mol. The van der Waals surface area contributed by atoms with Gasteiger partial charge in [-0.05, 0) is 27.7 Å². The number of rotatable bonds is 5. The molecule has 2 rings (SSSR count). The molecule has 0 unspecified atom stereocenters. The summed E-state index contributed by atoms with van der Waals surface area (Å²) in [5.41, 5.74) is 3.01. The van der Waals surface area contributed by atoms with Gasteiger partial charge in [-0.3, -0.25) is 0 Å². The highest BCUT2D eigenvalue weighted by atomic mass is 32.1. The van der Waals surface area contributed by atoms with Gasteiger partial charge in [-0.2, -0.15) is 0 Å². The van der Waals surface area contributed by atoms with Crippen LogP contribution in [0.2, 0.25) is 0 Å². The highest BCUT2D eigenvalue weighted by molar-refractivity contribution is 7.09. The first-order valence-corrected chi connectivity index (χ1v) is 8.21. The first-order chi connectivity index (χ1) is 10.5. The van der Waals surface area contributed by atoms with E-state index in [4.69, 9.17) is 4.52 Å². The summed E-state index contributed by atoms with van der Waals surface area (Å²) in [4.78, 5) is 11.3. The average molecular weight is 321 g/mol. The van der Waals surface area contributed by atoms with Crippen LogP contribution in [0.3, 0.4) is 0 Å². The molecule has 2 aromatic rings. The summed E-state index contributed by atoms with van der Waals surface area (Å²) in [7, 11) is 2.02. The van der Waals surface area contributed by atoms with E-state index >= 15 is 0 Å². The second kappa shape index (κ2) is 7.40. The molecule has 0 atom stereocenters. The first-order valence-electron chi connectivity index (χ1n) is 7.33. The molecule has 22 heavy (non-hydrogen) atoms. The third kappa shape index (κ3) is 4.07. The average Bonchev–Trinajstić information content (AvgIpc) is 3.02. The summed E-state index contributed by atoms with van der Waals surface area (Å²) in [6, 6.07) is 0. The van der Waals surface area contributed by atoms with Crippen molar-refractivity contribution in [3.63, 3.8) is 0 Å². The van der Waals surface area contributed by atoms with Gasteiger partial charge in [0.05, 0.1) is 29.5 Å². The van der Waals surface area contributed by atoms with Gasteiger partial charge in [-0.25, -0.2) is 9.98 Å². The molecule has 7 heteroatoms. The topological polar surface area (TPSA) is 66.6 Å². The Morgan fingerprint density at radius 3 is 2.73 bits per heavy atom. The fourth-order valence-corrected chi connectivity index (χ4v) is 2.75.